The Bertz CT molecular complexity index is 725. The first-order chi connectivity index (χ1) is 10.9. The summed E-state index contributed by atoms with van der Waals surface area (Å²) in [4.78, 5) is 11.4. The molecule has 3 rings (SSSR count). The Labute approximate surface area is 134 Å². The molecule has 126 valence electrons. The van der Waals surface area contributed by atoms with E-state index in [1.165, 1.54) is 20.3 Å². The highest BCUT2D eigenvalue weighted by atomic mass is 32.2. The molecule has 2 fully saturated rings. The number of ether oxygens (including phenoxy) is 2. The minimum atomic E-state index is -3.75. The van der Waals surface area contributed by atoms with Crippen LogP contribution in [0, 0.1) is 0 Å². The predicted octanol–water partition coefficient (Wildman–Crippen LogP) is 1.72. The van der Waals surface area contributed by atoms with Gasteiger partial charge in [-0.1, -0.05) is 0 Å². The van der Waals surface area contributed by atoms with E-state index in [-0.39, 0.29) is 34.0 Å². The lowest BCUT2D eigenvalue weighted by molar-refractivity contribution is 0.0692. The Kier molecular flexibility index (Phi) is 3.97. The van der Waals surface area contributed by atoms with Gasteiger partial charge in [0.2, 0.25) is 10.0 Å². The van der Waals surface area contributed by atoms with Gasteiger partial charge in [-0.05, 0) is 31.7 Å². The van der Waals surface area contributed by atoms with Crippen molar-refractivity contribution in [2.45, 2.75) is 42.7 Å². The maximum absolute atomic E-state index is 13.0. The number of carbonyl (C=O) groups is 1. The average Bonchev–Trinajstić information content (AvgIpc) is 3.40. The molecular formula is C15H19NO6S. The van der Waals surface area contributed by atoms with Gasteiger partial charge in [0.15, 0.2) is 11.5 Å². The van der Waals surface area contributed by atoms with Gasteiger partial charge in [0, 0.05) is 18.2 Å². The summed E-state index contributed by atoms with van der Waals surface area (Å²) in [7, 11) is -1.09. The number of nitrogens with zero attached hydrogens (tertiary/aromatic N) is 1. The first-order valence-corrected chi connectivity index (χ1v) is 8.87. The van der Waals surface area contributed by atoms with Crippen LogP contribution >= 0.6 is 0 Å². The summed E-state index contributed by atoms with van der Waals surface area (Å²) in [6.07, 6.45) is 3.42. The molecule has 7 nitrogen and oxygen atoms in total. The van der Waals surface area contributed by atoms with Crippen LogP contribution in [-0.2, 0) is 10.0 Å². The van der Waals surface area contributed by atoms with E-state index in [4.69, 9.17) is 9.47 Å². The van der Waals surface area contributed by atoms with Gasteiger partial charge in [0.05, 0.1) is 19.1 Å². The van der Waals surface area contributed by atoms with Crippen molar-refractivity contribution in [2.24, 2.45) is 0 Å². The zero-order valence-corrected chi connectivity index (χ0v) is 13.8. The Hall–Kier alpha value is -1.80. The van der Waals surface area contributed by atoms with Crippen LogP contribution in [0.25, 0.3) is 0 Å². The van der Waals surface area contributed by atoms with E-state index in [1.54, 1.807) is 4.31 Å². The van der Waals surface area contributed by atoms with E-state index >= 15 is 0 Å². The second-order valence-electron chi connectivity index (χ2n) is 5.81. The fraction of sp³-hybridized carbons (Fsp3) is 0.533. The zero-order chi connectivity index (χ0) is 16.8. The smallest absolute Gasteiger partial charge is 0.339 e. The largest absolute Gasteiger partial charge is 0.493 e. The Morgan fingerprint density at radius 3 is 2.09 bits per heavy atom. The minimum absolute atomic E-state index is 0.0170. The van der Waals surface area contributed by atoms with Crippen molar-refractivity contribution >= 4 is 16.0 Å². The number of carboxylic acids is 1. The molecule has 23 heavy (non-hydrogen) atoms. The van der Waals surface area contributed by atoms with E-state index < -0.39 is 16.0 Å². The first kappa shape index (κ1) is 16.1. The van der Waals surface area contributed by atoms with Crippen LogP contribution in [0.2, 0.25) is 0 Å². The summed E-state index contributed by atoms with van der Waals surface area (Å²) in [5, 5.41) is 9.34. The van der Waals surface area contributed by atoms with Crippen LogP contribution in [-0.4, -0.2) is 50.1 Å². The van der Waals surface area contributed by atoms with Gasteiger partial charge in [-0.3, -0.25) is 0 Å². The van der Waals surface area contributed by atoms with Gasteiger partial charge < -0.3 is 14.6 Å². The van der Waals surface area contributed by atoms with E-state index in [0.29, 0.717) is 0 Å². The molecule has 0 heterocycles. The second-order valence-corrected chi connectivity index (χ2v) is 7.65. The third-order valence-corrected chi connectivity index (χ3v) is 6.05. The highest BCUT2D eigenvalue weighted by molar-refractivity contribution is 7.89. The van der Waals surface area contributed by atoms with Crippen molar-refractivity contribution in [1.82, 2.24) is 4.31 Å². The molecule has 0 unspecified atom stereocenters. The molecule has 0 atom stereocenters. The fourth-order valence-corrected chi connectivity index (χ4v) is 4.69. The molecule has 1 aromatic rings. The van der Waals surface area contributed by atoms with Crippen LogP contribution in [0.15, 0.2) is 17.0 Å². The van der Waals surface area contributed by atoms with Crippen molar-refractivity contribution in [1.29, 1.82) is 0 Å². The molecule has 0 aliphatic heterocycles. The normalized spacial score (nSPS) is 18.0. The van der Waals surface area contributed by atoms with Crippen LogP contribution < -0.4 is 9.47 Å². The van der Waals surface area contributed by atoms with Gasteiger partial charge in [-0.25, -0.2) is 13.2 Å². The number of benzene rings is 1. The molecule has 0 aromatic heterocycles. The topological polar surface area (TPSA) is 93.1 Å². The molecule has 0 radical (unpaired) electrons. The van der Waals surface area contributed by atoms with Crippen molar-refractivity contribution in [3.63, 3.8) is 0 Å². The lowest BCUT2D eigenvalue weighted by atomic mass is 10.2. The second kappa shape index (κ2) is 5.68. The molecule has 8 heteroatoms. The Morgan fingerprint density at radius 1 is 1.13 bits per heavy atom. The molecule has 0 bridgehead atoms. The number of carboxylic acid groups (broad SMARTS) is 1. The molecule has 0 amide bonds. The summed E-state index contributed by atoms with van der Waals surface area (Å²) in [6, 6.07) is 2.55. The zero-order valence-electron chi connectivity index (χ0n) is 13.0. The molecular weight excluding hydrogens is 322 g/mol. The Morgan fingerprint density at radius 2 is 1.70 bits per heavy atom. The standard InChI is InChI=1S/C15H19NO6S/c1-21-13-8-11(7-12(15(17)18)14(13)22-2)23(19,20)16(9-3-4-9)10-5-6-10/h7-10H,3-6H2,1-2H3,(H,17,18). The van der Waals surface area contributed by atoms with E-state index in [9.17, 15) is 18.3 Å². The summed E-state index contributed by atoms with van der Waals surface area (Å²) in [6.45, 7) is 0. The third kappa shape index (κ3) is 2.88. The Balaban J connectivity index is 2.11. The molecule has 0 saturated heterocycles. The van der Waals surface area contributed by atoms with E-state index in [1.807, 2.05) is 0 Å². The SMILES string of the molecule is COc1cc(S(=O)(=O)N(C2CC2)C2CC2)cc(C(=O)O)c1OC. The fourth-order valence-electron chi connectivity index (χ4n) is 2.72. The summed E-state index contributed by atoms with van der Waals surface area (Å²) in [5.74, 6) is -1.15. The highest BCUT2D eigenvalue weighted by Gasteiger charge is 2.47. The molecule has 0 spiro atoms. The van der Waals surface area contributed by atoms with Gasteiger partial charge >= 0.3 is 5.97 Å². The highest BCUT2D eigenvalue weighted by Crippen LogP contribution is 2.43. The van der Waals surface area contributed by atoms with Gasteiger partial charge in [0.25, 0.3) is 0 Å². The number of hydrogen-bond donors (Lipinski definition) is 1. The van der Waals surface area contributed by atoms with Crippen molar-refractivity contribution in [3.05, 3.63) is 17.7 Å². The number of sulfonamides is 1. The summed E-state index contributed by atoms with van der Waals surface area (Å²) in [5.41, 5.74) is -0.225. The van der Waals surface area contributed by atoms with Crippen LogP contribution in [0.3, 0.4) is 0 Å². The van der Waals surface area contributed by atoms with Crippen molar-refractivity contribution < 1.29 is 27.8 Å². The molecule has 1 N–H and O–H groups in total. The van der Waals surface area contributed by atoms with Crippen molar-refractivity contribution in [2.75, 3.05) is 14.2 Å². The number of methoxy groups -OCH3 is 2. The molecule has 2 aliphatic rings. The van der Waals surface area contributed by atoms with E-state index in [0.717, 1.165) is 31.7 Å². The monoisotopic (exact) mass is 341 g/mol. The van der Waals surface area contributed by atoms with Crippen LogP contribution in [0.4, 0.5) is 0 Å². The van der Waals surface area contributed by atoms with Gasteiger partial charge in [0.1, 0.15) is 5.56 Å². The number of aromatic carboxylic acids is 1. The van der Waals surface area contributed by atoms with Crippen LogP contribution in [0.5, 0.6) is 11.5 Å². The number of hydrogen-bond acceptors (Lipinski definition) is 5. The van der Waals surface area contributed by atoms with Crippen LogP contribution in [0.1, 0.15) is 36.0 Å². The lowest BCUT2D eigenvalue weighted by Gasteiger charge is -2.22. The van der Waals surface area contributed by atoms with E-state index in [2.05, 4.69) is 0 Å². The molecule has 1 aromatic carbocycles. The quantitative estimate of drug-likeness (QED) is 0.812. The maximum Gasteiger partial charge on any atom is 0.339 e. The molecule has 2 saturated carbocycles. The van der Waals surface area contributed by atoms with Crippen molar-refractivity contribution in [3.8, 4) is 11.5 Å². The maximum atomic E-state index is 13.0. The first-order valence-electron chi connectivity index (χ1n) is 7.43. The average molecular weight is 341 g/mol. The third-order valence-electron chi connectivity index (χ3n) is 4.07. The number of rotatable bonds is 7. The predicted molar refractivity (Wildman–Crippen MR) is 81.6 cm³/mol. The molecule has 2 aliphatic carbocycles. The summed E-state index contributed by atoms with van der Waals surface area (Å²) < 4.78 is 37.7. The minimum Gasteiger partial charge on any atom is -0.493 e. The lowest BCUT2D eigenvalue weighted by Crippen LogP contribution is -2.35. The summed E-state index contributed by atoms with van der Waals surface area (Å²) >= 11 is 0. The van der Waals surface area contributed by atoms with Gasteiger partial charge in [-0.2, -0.15) is 4.31 Å². The van der Waals surface area contributed by atoms with Gasteiger partial charge in [-0.15, -0.1) is 0 Å².